The highest BCUT2D eigenvalue weighted by Crippen LogP contribution is 2.16. The monoisotopic (exact) mass is 176 g/mol. The molecule has 1 N–H and O–H groups in total. The number of aromatic nitrogens is 1. The van der Waals surface area contributed by atoms with Gasteiger partial charge in [-0.15, -0.1) is 0 Å². The van der Waals surface area contributed by atoms with Crippen LogP contribution in [-0.2, 0) is 4.79 Å². The summed E-state index contributed by atoms with van der Waals surface area (Å²) in [5.41, 5.74) is 0.427. The highest BCUT2D eigenvalue weighted by Gasteiger charge is 2.20. The number of aliphatic carboxylic acids is 1. The molecule has 1 aromatic rings. The Morgan fingerprint density at radius 3 is 2.92 bits per heavy atom. The van der Waals surface area contributed by atoms with E-state index in [1.807, 2.05) is 6.07 Å². The zero-order chi connectivity index (χ0) is 9.68. The summed E-state index contributed by atoms with van der Waals surface area (Å²) in [5, 5.41) is 17.2. The first-order valence-corrected chi connectivity index (χ1v) is 3.76. The molecule has 4 nitrogen and oxygen atoms in total. The molecule has 13 heavy (non-hydrogen) atoms. The Morgan fingerprint density at radius 1 is 1.69 bits per heavy atom. The highest BCUT2D eigenvalue weighted by molar-refractivity contribution is 5.75. The van der Waals surface area contributed by atoms with Crippen LogP contribution in [0.5, 0.6) is 0 Å². The molecule has 0 radical (unpaired) electrons. The minimum atomic E-state index is -1.01. The van der Waals surface area contributed by atoms with Crippen molar-refractivity contribution in [3.63, 3.8) is 0 Å². The maximum absolute atomic E-state index is 10.7. The molecule has 1 rings (SSSR count). The molecule has 0 bridgehead atoms. The van der Waals surface area contributed by atoms with Crippen LogP contribution in [0, 0.1) is 11.3 Å². The van der Waals surface area contributed by atoms with E-state index in [0.717, 1.165) is 0 Å². The summed E-state index contributed by atoms with van der Waals surface area (Å²) in [6.45, 7) is 0. The van der Waals surface area contributed by atoms with Crippen molar-refractivity contribution in [2.24, 2.45) is 0 Å². The summed E-state index contributed by atoms with van der Waals surface area (Å²) in [6, 6.07) is 6.84. The van der Waals surface area contributed by atoms with Crippen LogP contribution in [0.15, 0.2) is 24.4 Å². The Balaban J connectivity index is 2.90. The van der Waals surface area contributed by atoms with Crippen LogP contribution >= 0.6 is 0 Å². The molecule has 0 aliphatic rings. The van der Waals surface area contributed by atoms with Gasteiger partial charge in [-0.3, -0.25) is 9.78 Å². The van der Waals surface area contributed by atoms with Crippen molar-refractivity contribution in [3.05, 3.63) is 30.1 Å². The van der Waals surface area contributed by atoms with Crippen molar-refractivity contribution in [2.45, 2.75) is 12.3 Å². The molecule has 0 aliphatic heterocycles. The minimum Gasteiger partial charge on any atom is -0.481 e. The molecule has 1 aromatic heterocycles. The largest absolute Gasteiger partial charge is 0.481 e. The van der Waals surface area contributed by atoms with Gasteiger partial charge in [0.1, 0.15) is 5.92 Å². The summed E-state index contributed by atoms with van der Waals surface area (Å²) >= 11 is 0. The smallest absolute Gasteiger partial charge is 0.313 e. The topological polar surface area (TPSA) is 74.0 Å². The van der Waals surface area contributed by atoms with Gasteiger partial charge in [0.05, 0.1) is 18.2 Å². The van der Waals surface area contributed by atoms with E-state index < -0.39 is 11.9 Å². The number of nitriles is 1. The highest BCUT2D eigenvalue weighted by atomic mass is 16.4. The lowest BCUT2D eigenvalue weighted by Crippen LogP contribution is -2.12. The molecule has 4 heteroatoms. The van der Waals surface area contributed by atoms with Gasteiger partial charge in [0.25, 0.3) is 0 Å². The summed E-state index contributed by atoms with van der Waals surface area (Å²) < 4.78 is 0. The zero-order valence-corrected chi connectivity index (χ0v) is 6.84. The van der Waals surface area contributed by atoms with Gasteiger partial charge in [-0.05, 0) is 12.1 Å². The molecule has 1 unspecified atom stereocenters. The fourth-order valence-electron chi connectivity index (χ4n) is 0.992. The number of carboxylic acids is 1. The zero-order valence-electron chi connectivity index (χ0n) is 6.84. The lowest BCUT2D eigenvalue weighted by atomic mass is 10.0. The minimum absolute atomic E-state index is 0.0493. The molecule has 1 atom stereocenters. The first kappa shape index (κ1) is 9.20. The van der Waals surface area contributed by atoms with Gasteiger partial charge in [0.2, 0.25) is 0 Å². The van der Waals surface area contributed by atoms with E-state index in [2.05, 4.69) is 4.98 Å². The first-order valence-electron chi connectivity index (χ1n) is 3.76. The number of pyridine rings is 1. The Labute approximate surface area is 75.5 Å². The number of hydrogen-bond acceptors (Lipinski definition) is 3. The number of carbonyl (C=O) groups is 1. The molecule has 0 saturated carbocycles. The summed E-state index contributed by atoms with van der Waals surface area (Å²) in [4.78, 5) is 14.6. The molecule has 0 aliphatic carbocycles. The lowest BCUT2D eigenvalue weighted by Gasteiger charge is -2.05. The van der Waals surface area contributed by atoms with Crippen LogP contribution in [0.4, 0.5) is 0 Å². The molecule has 0 fully saturated rings. The standard InChI is InChI=1S/C9H8N2O2/c10-5-4-7(9(12)13)8-3-1-2-6-11-8/h1-3,6-7H,4H2,(H,12,13). The third kappa shape index (κ3) is 2.27. The summed E-state index contributed by atoms with van der Waals surface area (Å²) in [7, 11) is 0. The van der Waals surface area contributed by atoms with Crippen molar-refractivity contribution in [1.82, 2.24) is 4.98 Å². The van der Waals surface area contributed by atoms with Crippen LogP contribution in [-0.4, -0.2) is 16.1 Å². The van der Waals surface area contributed by atoms with Gasteiger partial charge in [0.15, 0.2) is 0 Å². The average Bonchev–Trinajstić information content (AvgIpc) is 2.15. The van der Waals surface area contributed by atoms with Crippen molar-refractivity contribution < 1.29 is 9.90 Å². The third-order valence-corrected chi connectivity index (χ3v) is 1.64. The Kier molecular flexibility index (Phi) is 2.98. The molecule has 0 saturated heterocycles. The van der Waals surface area contributed by atoms with Gasteiger partial charge in [0, 0.05) is 6.20 Å². The second-order valence-electron chi connectivity index (χ2n) is 2.51. The van der Waals surface area contributed by atoms with Gasteiger partial charge in [-0.25, -0.2) is 0 Å². The van der Waals surface area contributed by atoms with E-state index in [-0.39, 0.29) is 6.42 Å². The lowest BCUT2D eigenvalue weighted by molar-refractivity contribution is -0.138. The molecule has 0 spiro atoms. The fourth-order valence-corrected chi connectivity index (χ4v) is 0.992. The Morgan fingerprint density at radius 2 is 2.46 bits per heavy atom. The second kappa shape index (κ2) is 4.21. The molecule has 0 amide bonds. The van der Waals surface area contributed by atoms with Gasteiger partial charge in [-0.1, -0.05) is 6.07 Å². The van der Waals surface area contributed by atoms with Crippen LogP contribution in [0.2, 0.25) is 0 Å². The molecule has 1 heterocycles. The van der Waals surface area contributed by atoms with Crippen LogP contribution in [0.3, 0.4) is 0 Å². The van der Waals surface area contributed by atoms with E-state index in [1.54, 1.807) is 18.2 Å². The van der Waals surface area contributed by atoms with E-state index in [0.29, 0.717) is 5.69 Å². The predicted octanol–water partition coefficient (Wildman–Crippen LogP) is 1.16. The number of nitrogens with zero attached hydrogens (tertiary/aromatic N) is 2. The SMILES string of the molecule is N#CCC(C(=O)O)c1ccccn1. The molecule has 66 valence electrons. The number of carboxylic acid groups (broad SMARTS) is 1. The molecule has 0 aromatic carbocycles. The maximum atomic E-state index is 10.7. The Bertz CT molecular complexity index is 329. The summed E-state index contributed by atoms with van der Waals surface area (Å²) in [6.07, 6.45) is 1.47. The first-order chi connectivity index (χ1) is 6.25. The van der Waals surface area contributed by atoms with E-state index in [4.69, 9.17) is 10.4 Å². The van der Waals surface area contributed by atoms with Crippen molar-refractivity contribution in [3.8, 4) is 6.07 Å². The van der Waals surface area contributed by atoms with Gasteiger partial charge >= 0.3 is 5.97 Å². The predicted molar refractivity (Wildman–Crippen MR) is 44.8 cm³/mol. The Hall–Kier alpha value is -1.89. The van der Waals surface area contributed by atoms with Gasteiger partial charge < -0.3 is 5.11 Å². The molecular formula is C9H8N2O2. The quantitative estimate of drug-likeness (QED) is 0.749. The normalized spacial score (nSPS) is 11.6. The summed E-state index contributed by atoms with van der Waals surface area (Å²) in [5.74, 6) is -1.83. The van der Waals surface area contributed by atoms with Crippen molar-refractivity contribution in [2.75, 3.05) is 0 Å². The van der Waals surface area contributed by atoms with Crippen molar-refractivity contribution in [1.29, 1.82) is 5.26 Å². The van der Waals surface area contributed by atoms with Crippen LogP contribution in [0.25, 0.3) is 0 Å². The van der Waals surface area contributed by atoms with Crippen molar-refractivity contribution >= 4 is 5.97 Å². The fraction of sp³-hybridized carbons (Fsp3) is 0.222. The average molecular weight is 176 g/mol. The second-order valence-corrected chi connectivity index (χ2v) is 2.51. The van der Waals surface area contributed by atoms with E-state index in [9.17, 15) is 4.79 Å². The number of rotatable bonds is 3. The van der Waals surface area contributed by atoms with Crippen LogP contribution in [0.1, 0.15) is 18.0 Å². The third-order valence-electron chi connectivity index (χ3n) is 1.64. The van der Waals surface area contributed by atoms with Crippen LogP contribution < -0.4 is 0 Å². The molecular weight excluding hydrogens is 168 g/mol. The van der Waals surface area contributed by atoms with Gasteiger partial charge in [-0.2, -0.15) is 5.26 Å². The van der Waals surface area contributed by atoms with E-state index >= 15 is 0 Å². The number of hydrogen-bond donors (Lipinski definition) is 1. The maximum Gasteiger partial charge on any atom is 0.313 e. The van der Waals surface area contributed by atoms with E-state index in [1.165, 1.54) is 6.20 Å².